The molecule has 0 aromatic heterocycles. The number of rotatable bonds is 8. The molecule has 0 bridgehead atoms. The molecule has 1 amide bonds. The van der Waals surface area contributed by atoms with Crippen molar-refractivity contribution in [3.05, 3.63) is 70.8 Å². The summed E-state index contributed by atoms with van der Waals surface area (Å²) in [7, 11) is 5.09. The Hall–Kier alpha value is -2.13. The molecular formula is C21H29IN4O2. The van der Waals surface area contributed by atoms with Crippen molar-refractivity contribution in [3.8, 4) is 0 Å². The number of halogens is 1. The number of aliphatic imine (C=N–C) groups is 1. The lowest BCUT2D eigenvalue weighted by Crippen LogP contribution is -2.38. The van der Waals surface area contributed by atoms with Gasteiger partial charge in [0.25, 0.3) is 5.91 Å². The molecule has 0 aliphatic carbocycles. The summed E-state index contributed by atoms with van der Waals surface area (Å²) in [6.07, 6.45) is 0.797. The molecule has 28 heavy (non-hydrogen) atoms. The van der Waals surface area contributed by atoms with Crippen molar-refractivity contribution >= 4 is 35.8 Å². The SMILES string of the molecule is CN=C(NCCc1cccc(C(=O)NC)c1)NCc1ccccc1COC.I. The molecule has 0 unspecified atom stereocenters. The van der Waals surface area contributed by atoms with E-state index in [0.717, 1.165) is 30.1 Å². The van der Waals surface area contributed by atoms with Crippen LogP contribution in [0.3, 0.4) is 0 Å². The van der Waals surface area contributed by atoms with Crippen LogP contribution in [-0.4, -0.2) is 39.6 Å². The molecule has 3 N–H and O–H groups in total. The minimum Gasteiger partial charge on any atom is -0.380 e. The van der Waals surface area contributed by atoms with Crippen LogP contribution in [-0.2, 0) is 24.3 Å². The maximum absolute atomic E-state index is 11.7. The highest BCUT2D eigenvalue weighted by molar-refractivity contribution is 14.0. The Morgan fingerprint density at radius 2 is 1.82 bits per heavy atom. The number of nitrogens with zero attached hydrogens (tertiary/aromatic N) is 1. The molecule has 0 saturated heterocycles. The smallest absolute Gasteiger partial charge is 0.251 e. The Kier molecular flexibility index (Phi) is 11.2. The lowest BCUT2D eigenvalue weighted by Gasteiger charge is -2.14. The van der Waals surface area contributed by atoms with Gasteiger partial charge in [-0.3, -0.25) is 9.79 Å². The van der Waals surface area contributed by atoms with Crippen LogP contribution in [0.25, 0.3) is 0 Å². The van der Waals surface area contributed by atoms with Gasteiger partial charge in [-0.15, -0.1) is 24.0 Å². The first kappa shape index (κ1) is 23.9. The Labute approximate surface area is 184 Å². The van der Waals surface area contributed by atoms with Gasteiger partial charge in [-0.05, 0) is 35.2 Å². The standard InChI is InChI=1S/C21H28N4O2.HI/c1-22-20(26)17-10-6-7-16(13-17)11-12-24-21(23-2)25-14-18-8-4-5-9-19(18)15-27-3;/h4-10,13H,11-12,14-15H2,1-3H3,(H,22,26)(H2,23,24,25);1H. The molecule has 0 radical (unpaired) electrons. The molecule has 0 saturated carbocycles. The molecule has 0 spiro atoms. The second-order valence-electron chi connectivity index (χ2n) is 6.08. The fourth-order valence-corrected chi connectivity index (χ4v) is 2.76. The molecule has 2 rings (SSSR count). The Balaban J connectivity index is 0.00000392. The number of nitrogens with one attached hydrogen (secondary N) is 3. The molecule has 0 fully saturated rings. The van der Waals surface area contributed by atoms with E-state index < -0.39 is 0 Å². The van der Waals surface area contributed by atoms with Crippen LogP contribution in [0.1, 0.15) is 27.0 Å². The van der Waals surface area contributed by atoms with Crippen LogP contribution < -0.4 is 16.0 Å². The van der Waals surface area contributed by atoms with Crippen LogP contribution >= 0.6 is 24.0 Å². The average molecular weight is 496 g/mol. The van der Waals surface area contributed by atoms with Gasteiger partial charge in [-0.1, -0.05) is 36.4 Å². The number of amides is 1. The Morgan fingerprint density at radius 1 is 1.07 bits per heavy atom. The summed E-state index contributed by atoms with van der Waals surface area (Å²) in [6.45, 7) is 1.98. The van der Waals surface area contributed by atoms with Gasteiger partial charge in [0.1, 0.15) is 0 Å². The maximum Gasteiger partial charge on any atom is 0.251 e. The Morgan fingerprint density at radius 3 is 2.50 bits per heavy atom. The summed E-state index contributed by atoms with van der Waals surface area (Å²) in [6, 6.07) is 15.8. The topological polar surface area (TPSA) is 74.8 Å². The van der Waals surface area contributed by atoms with E-state index in [0.29, 0.717) is 18.7 Å². The predicted octanol–water partition coefficient (Wildman–Crippen LogP) is 2.72. The number of hydrogen-bond acceptors (Lipinski definition) is 3. The van der Waals surface area contributed by atoms with Gasteiger partial charge in [0.2, 0.25) is 0 Å². The van der Waals surface area contributed by atoms with Gasteiger partial charge in [0, 0.05) is 39.9 Å². The van der Waals surface area contributed by atoms with Crippen molar-refractivity contribution < 1.29 is 9.53 Å². The number of hydrogen-bond donors (Lipinski definition) is 3. The fourth-order valence-electron chi connectivity index (χ4n) is 2.76. The highest BCUT2D eigenvalue weighted by Crippen LogP contribution is 2.09. The molecule has 7 heteroatoms. The molecule has 152 valence electrons. The lowest BCUT2D eigenvalue weighted by molar-refractivity contribution is 0.0963. The van der Waals surface area contributed by atoms with E-state index in [1.807, 2.05) is 36.4 Å². The molecule has 0 heterocycles. The Bertz CT molecular complexity index is 781. The number of benzene rings is 2. The summed E-state index contributed by atoms with van der Waals surface area (Å²) in [4.78, 5) is 16.0. The van der Waals surface area contributed by atoms with Crippen LogP contribution in [0.4, 0.5) is 0 Å². The van der Waals surface area contributed by atoms with Crippen LogP contribution in [0.5, 0.6) is 0 Å². The summed E-state index contributed by atoms with van der Waals surface area (Å²) in [5, 5.41) is 9.28. The third kappa shape index (κ3) is 7.47. The monoisotopic (exact) mass is 496 g/mol. The highest BCUT2D eigenvalue weighted by atomic mass is 127. The van der Waals surface area contributed by atoms with E-state index in [4.69, 9.17) is 4.74 Å². The quantitative estimate of drug-likeness (QED) is 0.299. The van der Waals surface area contributed by atoms with Crippen LogP contribution in [0, 0.1) is 0 Å². The van der Waals surface area contributed by atoms with E-state index in [-0.39, 0.29) is 29.9 Å². The van der Waals surface area contributed by atoms with Gasteiger partial charge in [-0.2, -0.15) is 0 Å². The van der Waals surface area contributed by atoms with Crippen molar-refractivity contribution in [1.82, 2.24) is 16.0 Å². The van der Waals surface area contributed by atoms with E-state index in [2.05, 4.69) is 33.1 Å². The lowest BCUT2D eigenvalue weighted by atomic mass is 10.1. The van der Waals surface area contributed by atoms with Gasteiger partial charge < -0.3 is 20.7 Å². The summed E-state index contributed by atoms with van der Waals surface area (Å²) < 4.78 is 5.25. The van der Waals surface area contributed by atoms with Crippen molar-refractivity contribution in [3.63, 3.8) is 0 Å². The van der Waals surface area contributed by atoms with Crippen LogP contribution in [0.15, 0.2) is 53.5 Å². The zero-order valence-corrected chi connectivity index (χ0v) is 18.9. The fraction of sp³-hybridized carbons (Fsp3) is 0.333. The summed E-state index contributed by atoms with van der Waals surface area (Å²) in [5.41, 5.74) is 4.12. The normalized spacial score (nSPS) is 10.8. The summed E-state index contributed by atoms with van der Waals surface area (Å²) >= 11 is 0. The van der Waals surface area contributed by atoms with Crippen molar-refractivity contribution in [1.29, 1.82) is 0 Å². The van der Waals surface area contributed by atoms with Gasteiger partial charge in [0.05, 0.1) is 6.61 Å². The number of ether oxygens (including phenoxy) is 1. The highest BCUT2D eigenvalue weighted by Gasteiger charge is 2.05. The van der Waals surface area contributed by atoms with E-state index in [1.165, 1.54) is 5.56 Å². The molecular weight excluding hydrogens is 467 g/mol. The van der Waals surface area contributed by atoms with Crippen LogP contribution in [0.2, 0.25) is 0 Å². The minimum atomic E-state index is -0.0722. The van der Waals surface area contributed by atoms with Gasteiger partial charge in [-0.25, -0.2) is 0 Å². The van der Waals surface area contributed by atoms with Gasteiger partial charge >= 0.3 is 0 Å². The first-order chi connectivity index (χ1) is 13.2. The molecule has 2 aromatic carbocycles. The third-order valence-corrected chi connectivity index (χ3v) is 4.21. The molecule has 2 aromatic rings. The minimum absolute atomic E-state index is 0. The molecule has 6 nitrogen and oxygen atoms in total. The number of guanidine groups is 1. The molecule has 0 aliphatic rings. The number of carbonyl (C=O) groups excluding carboxylic acids is 1. The predicted molar refractivity (Wildman–Crippen MR) is 124 cm³/mol. The largest absolute Gasteiger partial charge is 0.380 e. The maximum atomic E-state index is 11.7. The van der Waals surface area contributed by atoms with Gasteiger partial charge in [0.15, 0.2) is 5.96 Å². The molecule has 0 aliphatic heterocycles. The first-order valence-corrected chi connectivity index (χ1v) is 8.99. The number of carbonyl (C=O) groups is 1. The summed E-state index contributed by atoms with van der Waals surface area (Å²) in [5.74, 6) is 0.668. The zero-order chi connectivity index (χ0) is 19.5. The zero-order valence-electron chi connectivity index (χ0n) is 16.6. The van der Waals surface area contributed by atoms with E-state index >= 15 is 0 Å². The van der Waals surface area contributed by atoms with Crippen molar-refractivity contribution in [2.24, 2.45) is 4.99 Å². The number of methoxy groups -OCH3 is 1. The van der Waals surface area contributed by atoms with Crippen molar-refractivity contribution in [2.45, 2.75) is 19.6 Å². The third-order valence-electron chi connectivity index (χ3n) is 4.21. The first-order valence-electron chi connectivity index (χ1n) is 8.99. The average Bonchev–Trinajstić information content (AvgIpc) is 2.71. The molecule has 0 atom stereocenters. The van der Waals surface area contributed by atoms with E-state index in [9.17, 15) is 4.79 Å². The van der Waals surface area contributed by atoms with E-state index in [1.54, 1.807) is 21.2 Å². The second-order valence-corrected chi connectivity index (χ2v) is 6.08. The second kappa shape index (κ2) is 13.1. The van der Waals surface area contributed by atoms with Crippen molar-refractivity contribution in [2.75, 3.05) is 27.7 Å².